The summed E-state index contributed by atoms with van der Waals surface area (Å²) in [5.41, 5.74) is 3.58. The molecule has 0 aliphatic heterocycles. The van der Waals surface area contributed by atoms with Gasteiger partial charge in [0.1, 0.15) is 0 Å². The van der Waals surface area contributed by atoms with Crippen molar-refractivity contribution >= 4 is 54.7 Å². The molecule has 0 aliphatic carbocycles. The first-order valence-corrected chi connectivity index (χ1v) is 17.9. The molecule has 6 aromatic rings. The normalized spacial score (nSPS) is 11.5. The van der Waals surface area contributed by atoms with Crippen LogP contribution in [0.5, 0.6) is 0 Å². The van der Waals surface area contributed by atoms with E-state index in [1.54, 1.807) is 0 Å². The van der Waals surface area contributed by atoms with Gasteiger partial charge in [-0.05, 0) is 0 Å². The van der Waals surface area contributed by atoms with Crippen molar-refractivity contribution in [1.29, 1.82) is 0 Å². The molecule has 0 radical (unpaired) electrons. The van der Waals surface area contributed by atoms with Crippen molar-refractivity contribution in [2.75, 3.05) is 0 Å². The van der Waals surface area contributed by atoms with Gasteiger partial charge in [-0.25, -0.2) is 18.6 Å². The first-order valence-electron chi connectivity index (χ1n) is 12.8. The van der Waals surface area contributed by atoms with E-state index >= 15 is 0 Å². The first kappa shape index (κ1) is 30.3. The number of hydrogen-bond donors (Lipinski definition) is 0. The number of nitrogens with zero attached hydrogens (tertiary/aromatic N) is 1. The summed E-state index contributed by atoms with van der Waals surface area (Å²) in [4.78, 5) is 5.58. The van der Waals surface area contributed by atoms with Crippen LogP contribution in [0.3, 0.4) is 0 Å². The second-order valence-electron chi connectivity index (χ2n) is 9.10. The topological polar surface area (TPSA) is 105 Å². The van der Waals surface area contributed by atoms with Gasteiger partial charge in [0.15, 0.2) is 0 Å². The van der Waals surface area contributed by atoms with Gasteiger partial charge >= 0.3 is 230 Å². The SMILES string of the molecule is Clc1ccc(-c2[se]c(-c3ccccc3)nc2[P+](c2ccccc2)(c2ccccc2)c2ccccc2)cc1.[O-][Cl+3]([O-])([O-])[O-]. The second-order valence-corrected chi connectivity index (χ2v) is 15.7. The zero-order valence-electron chi connectivity index (χ0n) is 22.0. The molecule has 0 spiro atoms. The van der Waals surface area contributed by atoms with Gasteiger partial charge in [0.05, 0.1) is 0 Å². The molecule has 9 heteroatoms. The minimum atomic E-state index is -4.94. The van der Waals surface area contributed by atoms with E-state index in [1.165, 1.54) is 41.5 Å². The largest absolute Gasteiger partial charge is 0.222 e. The van der Waals surface area contributed by atoms with Crippen molar-refractivity contribution < 1.29 is 28.9 Å². The molecule has 0 fully saturated rings. The van der Waals surface area contributed by atoms with E-state index < -0.39 is 17.5 Å². The fourth-order valence-corrected chi connectivity index (χ4v) is 12.4. The van der Waals surface area contributed by atoms with Gasteiger partial charge < -0.3 is 0 Å². The van der Waals surface area contributed by atoms with E-state index in [0.29, 0.717) is 0 Å². The molecule has 1 heterocycles. The van der Waals surface area contributed by atoms with Gasteiger partial charge in [0, 0.05) is 0 Å². The standard InChI is InChI=1S/C33H24ClNPSe.ClHO4/c34-27-23-21-25(22-24-27)31-32(35-33(37-31)26-13-5-1-6-14-26)36(28-15-7-2-8-16-28,29-17-9-3-10-18-29)30-19-11-4-12-20-30;2-1(3,4)5/h1-24H;(H,2,3,4,5)/q+1;/p-1. The summed E-state index contributed by atoms with van der Waals surface area (Å²) in [5, 5.41) is 4.67. The molecule has 0 amide bonds. The maximum atomic E-state index is 8.49. The summed E-state index contributed by atoms with van der Waals surface area (Å²) < 4.78 is 36.5. The van der Waals surface area contributed by atoms with Crippen LogP contribution >= 0.6 is 18.9 Å². The van der Waals surface area contributed by atoms with Gasteiger partial charge in [-0.3, -0.25) is 0 Å². The summed E-state index contributed by atoms with van der Waals surface area (Å²) in [6, 6.07) is 51.8. The maximum Gasteiger partial charge on any atom is -0.112 e. The monoisotopic (exact) mass is 679 g/mol. The van der Waals surface area contributed by atoms with E-state index in [-0.39, 0.29) is 14.5 Å². The average molecular weight is 679 g/mol. The Morgan fingerprint density at radius 3 is 1.31 bits per heavy atom. The molecular formula is C33H24Cl2NO4PSe. The zero-order valence-corrected chi connectivity index (χ0v) is 26.2. The summed E-state index contributed by atoms with van der Waals surface area (Å²) in [6.45, 7) is 0. The van der Waals surface area contributed by atoms with Crippen molar-refractivity contribution in [1.82, 2.24) is 4.98 Å². The number of aromatic nitrogens is 1. The molecule has 0 unspecified atom stereocenters. The van der Waals surface area contributed by atoms with Crippen LogP contribution in [-0.2, 0) is 0 Å². The molecule has 0 aliphatic rings. The van der Waals surface area contributed by atoms with E-state index in [4.69, 9.17) is 35.2 Å². The fourth-order valence-electron chi connectivity index (χ4n) is 4.80. The predicted molar refractivity (Wildman–Crippen MR) is 162 cm³/mol. The van der Waals surface area contributed by atoms with Gasteiger partial charge in [-0.1, -0.05) is 0 Å². The minimum Gasteiger partial charge on any atom is -0.222 e. The molecule has 0 N–H and O–H groups in total. The maximum absolute atomic E-state index is 8.49. The Hall–Kier alpha value is -3.12. The van der Waals surface area contributed by atoms with Crippen molar-refractivity contribution in [2.45, 2.75) is 0 Å². The molecule has 5 nitrogen and oxygen atoms in total. The molecule has 1 aromatic heterocycles. The van der Waals surface area contributed by atoms with Crippen LogP contribution in [0.25, 0.3) is 20.1 Å². The van der Waals surface area contributed by atoms with E-state index in [2.05, 4.69) is 133 Å². The molecule has 0 atom stereocenters. The number of halogens is 2. The van der Waals surface area contributed by atoms with E-state index in [0.717, 1.165) is 5.02 Å². The number of benzene rings is 5. The van der Waals surface area contributed by atoms with Gasteiger partial charge in [-0.15, -0.1) is 10.2 Å². The van der Waals surface area contributed by atoms with Crippen molar-refractivity contribution in [3.8, 4) is 20.1 Å². The zero-order chi connectivity index (χ0) is 29.6. The first-order chi connectivity index (χ1) is 20.3. The smallest absolute Gasteiger partial charge is 0.112 e. The molecular weight excluding hydrogens is 655 g/mol. The average Bonchev–Trinajstić information content (AvgIpc) is 3.45. The van der Waals surface area contributed by atoms with E-state index in [1.807, 2.05) is 12.1 Å². The summed E-state index contributed by atoms with van der Waals surface area (Å²) in [7, 11) is -7.26. The summed E-state index contributed by atoms with van der Waals surface area (Å²) in [6.07, 6.45) is 0. The van der Waals surface area contributed by atoms with Crippen LogP contribution in [0.1, 0.15) is 0 Å². The summed E-state index contributed by atoms with van der Waals surface area (Å²) >= 11 is 6.36. The van der Waals surface area contributed by atoms with Gasteiger partial charge in [-0.2, -0.15) is 0 Å². The Kier molecular flexibility index (Phi) is 9.72. The van der Waals surface area contributed by atoms with Gasteiger partial charge in [0.25, 0.3) is 0 Å². The molecule has 0 saturated heterocycles. The van der Waals surface area contributed by atoms with Crippen molar-refractivity contribution in [3.05, 3.63) is 151 Å². The number of hydrogen-bond acceptors (Lipinski definition) is 5. The Labute approximate surface area is 258 Å². The second kappa shape index (κ2) is 13.5. The van der Waals surface area contributed by atoms with Crippen LogP contribution in [0.15, 0.2) is 146 Å². The Morgan fingerprint density at radius 2 is 0.905 bits per heavy atom. The molecule has 210 valence electrons. The fraction of sp³-hybridized carbons (Fsp3) is 0. The van der Waals surface area contributed by atoms with Crippen LogP contribution in [-0.4, -0.2) is 19.5 Å². The molecule has 5 aromatic carbocycles. The minimum absolute atomic E-state index is 0.0358. The number of rotatable bonds is 6. The predicted octanol–water partition coefficient (Wildman–Crippen LogP) is 1.99. The van der Waals surface area contributed by atoms with Gasteiger partial charge in [0.2, 0.25) is 0 Å². The van der Waals surface area contributed by atoms with Crippen LogP contribution in [0, 0.1) is 10.2 Å². The molecule has 0 saturated carbocycles. The third-order valence-electron chi connectivity index (χ3n) is 6.48. The summed E-state index contributed by atoms with van der Waals surface area (Å²) in [5.74, 6) is 0. The Bertz CT molecular complexity index is 1610. The molecule has 6 rings (SSSR count). The molecule has 42 heavy (non-hydrogen) atoms. The van der Waals surface area contributed by atoms with Crippen LogP contribution < -0.4 is 40.0 Å². The van der Waals surface area contributed by atoms with Crippen molar-refractivity contribution in [3.63, 3.8) is 0 Å². The van der Waals surface area contributed by atoms with Crippen molar-refractivity contribution in [2.24, 2.45) is 0 Å². The quantitative estimate of drug-likeness (QED) is 0.198. The Balaban J connectivity index is 0.000000652. The van der Waals surface area contributed by atoms with E-state index in [9.17, 15) is 0 Å². The molecule has 0 bridgehead atoms. The Morgan fingerprint density at radius 1 is 0.524 bits per heavy atom. The van der Waals surface area contributed by atoms with Crippen LogP contribution in [0.4, 0.5) is 0 Å². The third kappa shape index (κ3) is 6.91. The third-order valence-corrected chi connectivity index (χ3v) is 13.7. The van der Waals surface area contributed by atoms with Crippen LogP contribution in [0.2, 0.25) is 5.02 Å².